The number of rotatable bonds is 11. The van der Waals surface area contributed by atoms with Crippen molar-refractivity contribution in [2.45, 2.75) is 52.1 Å². The molecule has 0 spiro atoms. The molecule has 0 amide bonds. The van der Waals surface area contributed by atoms with Crippen molar-refractivity contribution < 1.29 is 9.47 Å². The van der Waals surface area contributed by atoms with Gasteiger partial charge < -0.3 is 9.47 Å². The lowest BCUT2D eigenvalue weighted by Gasteiger charge is -2.34. The van der Waals surface area contributed by atoms with Crippen molar-refractivity contribution >= 4 is 23.8 Å². The second-order valence-electron chi connectivity index (χ2n) is 11.3. The standard InChI is InChI=1S/C38H39O2P/c1-37(2,39-28-30-18-8-5-9-19-30)33-24-14-16-26-35(33)41(32-22-12-7-13-23-32)36-27-17-15-25-34(36)38(3,4)40-29-31-20-10-6-11-21-31/h5-27H,28-29H2,1-4H3. The molecular weight excluding hydrogens is 519 g/mol. The molecule has 5 rings (SSSR count). The fraction of sp³-hybridized carbons (Fsp3) is 0.211. The summed E-state index contributed by atoms with van der Waals surface area (Å²) >= 11 is 0. The molecule has 0 unspecified atom stereocenters. The second-order valence-corrected chi connectivity index (χ2v) is 13.4. The van der Waals surface area contributed by atoms with Gasteiger partial charge >= 0.3 is 0 Å². The molecule has 41 heavy (non-hydrogen) atoms. The van der Waals surface area contributed by atoms with E-state index in [0.717, 1.165) is 0 Å². The van der Waals surface area contributed by atoms with E-state index in [1.54, 1.807) is 0 Å². The van der Waals surface area contributed by atoms with Crippen LogP contribution in [0, 0.1) is 0 Å². The topological polar surface area (TPSA) is 18.5 Å². The van der Waals surface area contributed by atoms with Gasteiger partial charge in [0.05, 0.1) is 24.4 Å². The van der Waals surface area contributed by atoms with Crippen molar-refractivity contribution in [3.63, 3.8) is 0 Å². The van der Waals surface area contributed by atoms with Crippen molar-refractivity contribution in [1.29, 1.82) is 0 Å². The van der Waals surface area contributed by atoms with E-state index < -0.39 is 19.1 Å². The summed E-state index contributed by atoms with van der Waals surface area (Å²) in [5.74, 6) is 0. The molecule has 0 bridgehead atoms. The normalized spacial score (nSPS) is 12.0. The number of hydrogen-bond acceptors (Lipinski definition) is 2. The molecule has 0 heterocycles. The summed E-state index contributed by atoms with van der Waals surface area (Å²) in [6.07, 6.45) is 0. The minimum atomic E-state index is -0.906. The zero-order valence-corrected chi connectivity index (χ0v) is 25.4. The Hall–Kier alpha value is -3.55. The molecule has 5 aromatic rings. The maximum Gasteiger partial charge on any atom is 0.0886 e. The van der Waals surface area contributed by atoms with Crippen molar-refractivity contribution in [3.05, 3.63) is 162 Å². The van der Waals surface area contributed by atoms with Gasteiger partial charge in [-0.05, 0) is 73.8 Å². The summed E-state index contributed by atoms with van der Waals surface area (Å²) in [6, 6.07) is 49.3. The largest absolute Gasteiger partial charge is 0.366 e. The van der Waals surface area contributed by atoms with Crippen LogP contribution >= 0.6 is 7.92 Å². The van der Waals surface area contributed by atoms with E-state index in [1.165, 1.54) is 38.2 Å². The Morgan fingerprint density at radius 3 is 1.20 bits per heavy atom. The fourth-order valence-corrected chi connectivity index (χ4v) is 8.10. The summed E-state index contributed by atoms with van der Waals surface area (Å²) < 4.78 is 13.3. The highest BCUT2D eigenvalue weighted by atomic mass is 31.1. The SMILES string of the molecule is CC(C)(OCc1ccccc1)c1ccccc1P(c1ccccc1)c1ccccc1C(C)(C)OCc1ccccc1. The minimum absolute atomic E-state index is 0.490. The molecule has 0 aliphatic heterocycles. The summed E-state index contributed by atoms with van der Waals surface area (Å²) in [6.45, 7) is 9.86. The number of benzene rings is 5. The molecule has 2 nitrogen and oxygen atoms in total. The summed E-state index contributed by atoms with van der Waals surface area (Å²) in [4.78, 5) is 0. The first-order valence-corrected chi connectivity index (χ1v) is 15.6. The third-order valence-electron chi connectivity index (χ3n) is 7.49. The Morgan fingerprint density at radius 1 is 0.439 bits per heavy atom. The first-order valence-electron chi connectivity index (χ1n) is 14.3. The Morgan fingerprint density at radius 2 is 0.780 bits per heavy atom. The van der Waals surface area contributed by atoms with Gasteiger partial charge in [-0.3, -0.25) is 0 Å². The fourth-order valence-electron chi connectivity index (χ4n) is 5.17. The molecular formula is C38H39O2P. The van der Waals surface area contributed by atoms with E-state index in [2.05, 4.69) is 155 Å². The molecule has 0 aliphatic carbocycles. The molecule has 0 radical (unpaired) electrons. The van der Waals surface area contributed by atoms with Gasteiger partial charge in [0.2, 0.25) is 0 Å². The zero-order chi connectivity index (χ0) is 28.7. The van der Waals surface area contributed by atoms with Gasteiger partial charge in [0, 0.05) is 0 Å². The molecule has 5 aromatic carbocycles. The summed E-state index contributed by atoms with van der Waals surface area (Å²) in [7, 11) is -0.906. The molecule has 0 N–H and O–H groups in total. The third-order valence-corrected chi connectivity index (χ3v) is 10.0. The van der Waals surface area contributed by atoms with E-state index >= 15 is 0 Å². The van der Waals surface area contributed by atoms with Gasteiger partial charge in [0.1, 0.15) is 0 Å². The maximum absolute atomic E-state index is 6.63. The van der Waals surface area contributed by atoms with Gasteiger partial charge in [0.15, 0.2) is 0 Å². The van der Waals surface area contributed by atoms with Crippen LogP contribution in [0.15, 0.2) is 140 Å². The predicted octanol–water partition coefficient (Wildman–Crippen LogP) is 8.35. The molecule has 0 atom stereocenters. The Labute approximate surface area is 246 Å². The van der Waals surface area contributed by atoms with Crippen LogP contribution in [0.4, 0.5) is 0 Å². The Kier molecular flexibility index (Phi) is 9.15. The van der Waals surface area contributed by atoms with Gasteiger partial charge in [-0.25, -0.2) is 0 Å². The van der Waals surface area contributed by atoms with Crippen molar-refractivity contribution in [2.24, 2.45) is 0 Å². The van der Waals surface area contributed by atoms with Crippen molar-refractivity contribution in [2.75, 3.05) is 0 Å². The molecule has 0 saturated heterocycles. The molecule has 3 heteroatoms. The lowest BCUT2D eigenvalue weighted by atomic mass is 9.97. The molecule has 0 aromatic heterocycles. The van der Waals surface area contributed by atoms with E-state index in [1.807, 2.05) is 12.1 Å². The van der Waals surface area contributed by atoms with Crippen LogP contribution in [0.3, 0.4) is 0 Å². The highest BCUT2D eigenvalue weighted by Crippen LogP contribution is 2.41. The minimum Gasteiger partial charge on any atom is -0.366 e. The molecule has 208 valence electrons. The van der Waals surface area contributed by atoms with Crippen molar-refractivity contribution in [1.82, 2.24) is 0 Å². The van der Waals surface area contributed by atoms with Crippen LogP contribution in [0.5, 0.6) is 0 Å². The predicted molar refractivity (Wildman–Crippen MR) is 174 cm³/mol. The molecule has 0 saturated carbocycles. The lowest BCUT2D eigenvalue weighted by Crippen LogP contribution is -2.35. The smallest absolute Gasteiger partial charge is 0.0886 e. The summed E-state index contributed by atoms with van der Waals surface area (Å²) in [5.41, 5.74) is 3.79. The third kappa shape index (κ3) is 7.03. The zero-order valence-electron chi connectivity index (χ0n) is 24.5. The highest BCUT2D eigenvalue weighted by Gasteiger charge is 2.33. The average Bonchev–Trinajstić information content (AvgIpc) is 3.01. The van der Waals surface area contributed by atoms with Crippen LogP contribution in [-0.2, 0) is 33.9 Å². The Bertz CT molecular complexity index is 1430. The quantitative estimate of drug-likeness (QED) is 0.152. The first-order chi connectivity index (χ1) is 19.9. The van der Waals surface area contributed by atoms with Gasteiger partial charge in [-0.2, -0.15) is 0 Å². The Balaban J connectivity index is 1.57. The maximum atomic E-state index is 6.63. The monoisotopic (exact) mass is 558 g/mol. The van der Waals surface area contributed by atoms with Gasteiger partial charge in [-0.1, -0.05) is 140 Å². The van der Waals surface area contributed by atoms with E-state index in [0.29, 0.717) is 13.2 Å². The van der Waals surface area contributed by atoms with E-state index in [9.17, 15) is 0 Å². The van der Waals surface area contributed by atoms with E-state index in [-0.39, 0.29) is 0 Å². The van der Waals surface area contributed by atoms with Crippen LogP contribution in [-0.4, -0.2) is 0 Å². The van der Waals surface area contributed by atoms with Crippen LogP contribution in [0.1, 0.15) is 49.9 Å². The second kappa shape index (κ2) is 13.0. The molecule has 0 aliphatic rings. The van der Waals surface area contributed by atoms with Gasteiger partial charge in [0.25, 0.3) is 0 Å². The summed E-state index contributed by atoms with van der Waals surface area (Å²) in [5, 5.41) is 3.91. The van der Waals surface area contributed by atoms with Crippen LogP contribution in [0.25, 0.3) is 0 Å². The molecule has 0 fully saturated rings. The van der Waals surface area contributed by atoms with Crippen LogP contribution < -0.4 is 15.9 Å². The van der Waals surface area contributed by atoms with Gasteiger partial charge in [-0.15, -0.1) is 0 Å². The van der Waals surface area contributed by atoms with E-state index in [4.69, 9.17) is 9.47 Å². The lowest BCUT2D eigenvalue weighted by molar-refractivity contribution is -0.0330. The first kappa shape index (κ1) is 29.0. The van der Waals surface area contributed by atoms with Crippen molar-refractivity contribution in [3.8, 4) is 0 Å². The average molecular weight is 559 g/mol. The number of hydrogen-bond donors (Lipinski definition) is 0. The van der Waals surface area contributed by atoms with Crippen LogP contribution in [0.2, 0.25) is 0 Å². The number of ether oxygens (including phenoxy) is 2. The highest BCUT2D eigenvalue weighted by molar-refractivity contribution is 7.80.